The first-order chi connectivity index (χ1) is 10.3. The molecule has 8 heteroatoms. The highest BCUT2D eigenvalue weighted by atomic mass is 35.5. The van der Waals surface area contributed by atoms with E-state index in [1.165, 1.54) is 15.2 Å². The van der Waals surface area contributed by atoms with E-state index in [2.05, 4.69) is 19.6 Å². The van der Waals surface area contributed by atoms with E-state index in [0.29, 0.717) is 19.6 Å². The Bertz CT molecular complexity index is 629. The largest absolute Gasteiger partial charge is 0.361 e. The fourth-order valence-corrected chi connectivity index (χ4v) is 3.13. The van der Waals surface area contributed by atoms with Gasteiger partial charge in [0.1, 0.15) is 31.0 Å². The third-order valence-electron chi connectivity index (χ3n) is 3.53. The molecule has 1 aliphatic rings. The molecule has 0 aliphatic carbocycles. The van der Waals surface area contributed by atoms with Crippen LogP contribution in [0.5, 0.6) is 0 Å². The smallest absolute Gasteiger partial charge is 0.334 e. The summed E-state index contributed by atoms with van der Waals surface area (Å²) < 4.78 is 13.2. The van der Waals surface area contributed by atoms with Gasteiger partial charge in [0.15, 0.2) is 0 Å². The van der Waals surface area contributed by atoms with Gasteiger partial charge in [-0.2, -0.15) is 4.74 Å². The lowest BCUT2D eigenvalue weighted by Gasteiger charge is -2.17. The van der Waals surface area contributed by atoms with Gasteiger partial charge in [0.05, 0.1) is 0 Å². The molecule has 1 aromatic rings. The third-order valence-corrected chi connectivity index (χ3v) is 5.55. The average molecular weight is 346 g/mol. The zero-order chi connectivity index (χ0) is 16.3. The number of halogens is 1. The lowest BCUT2D eigenvalue weighted by molar-refractivity contribution is 0.0820. The second-order valence-electron chi connectivity index (χ2n) is 6.62. The maximum atomic E-state index is 12.5. The minimum Gasteiger partial charge on any atom is -0.361 e. The van der Waals surface area contributed by atoms with E-state index >= 15 is 0 Å². The SMILES string of the molecule is C[Si](C)(C)CCOCn1c(Cl)cc(=O)n(C2C[CH+]OC2)c1=O. The summed E-state index contributed by atoms with van der Waals surface area (Å²) in [6, 6.07) is 1.98. The highest BCUT2D eigenvalue weighted by Crippen LogP contribution is 2.18. The Morgan fingerprint density at radius 2 is 2.18 bits per heavy atom. The Kier molecular flexibility index (Phi) is 5.54. The van der Waals surface area contributed by atoms with Crippen molar-refractivity contribution in [1.82, 2.24) is 9.13 Å². The summed E-state index contributed by atoms with van der Waals surface area (Å²) >= 11 is 6.02. The number of rotatable bonds is 6. The zero-order valence-corrected chi connectivity index (χ0v) is 14.9. The molecule has 1 saturated heterocycles. The van der Waals surface area contributed by atoms with Crippen LogP contribution in [-0.4, -0.2) is 30.4 Å². The molecule has 122 valence electrons. The maximum Gasteiger partial charge on any atom is 0.334 e. The van der Waals surface area contributed by atoms with Crippen LogP contribution in [0.4, 0.5) is 0 Å². The summed E-state index contributed by atoms with van der Waals surface area (Å²) in [7, 11) is -1.18. The van der Waals surface area contributed by atoms with E-state index in [0.717, 1.165) is 6.04 Å². The van der Waals surface area contributed by atoms with Crippen molar-refractivity contribution in [1.29, 1.82) is 0 Å². The first kappa shape index (κ1) is 17.3. The average Bonchev–Trinajstić information content (AvgIpc) is 2.89. The molecule has 1 fully saturated rings. The predicted octanol–water partition coefficient (Wildman–Crippen LogP) is 2.10. The number of ether oxygens (including phenoxy) is 2. The normalized spacial score (nSPS) is 18.5. The number of hydrogen-bond acceptors (Lipinski definition) is 4. The van der Waals surface area contributed by atoms with Crippen LogP contribution >= 0.6 is 11.6 Å². The Balaban J connectivity index is 2.15. The van der Waals surface area contributed by atoms with Gasteiger partial charge in [-0.1, -0.05) is 31.2 Å². The lowest BCUT2D eigenvalue weighted by atomic mass is 10.2. The van der Waals surface area contributed by atoms with E-state index in [9.17, 15) is 9.59 Å². The van der Waals surface area contributed by atoms with Gasteiger partial charge in [0.25, 0.3) is 5.56 Å². The van der Waals surface area contributed by atoms with Gasteiger partial charge in [-0.25, -0.2) is 9.36 Å². The van der Waals surface area contributed by atoms with Gasteiger partial charge in [-0.15, -0.1) is 0 Å². The van der Waals surface area contributed by atoms with Gasteiger partial charge in [0.2, 0.25) is 6.61 Å². The molecule has 2 heterocycles. The van der Waals surface area contributed by atoms with E-state index < -0.39 is 19.3 Å². The number of hydrogen-bond donors (Lipinski definition) is 0. The number of aromatic nitrogens is 2. The fraction of sp³-hybridized carbons (Fsp3) is 0.643. The summed E-state index contributed by atoms with van der Waals surface area (Å²) in [6.07, 6.45) is 0.535. The molecular weight excluding hydrogens is 324 g/mol. The van der Waals surface area contributed by atoms with Crippen molar-refractivity contribution in [2.75, 3.05) is 13.2 Å². The summed E-state index contributed by atoms with van der Waals surface area (Å²) in [5.41, 5.74) is -0.855. The van der Waals surface area contributed by atoms with Crippen LogP contribution in [0.1, 0.15) is 12.5 Å². The predicted molar refractivity (Wildman–Crippen MR) is 88.0 cm³/mol. The number of nitrogens with zero attached hydrogens (tertiary/aromatic N) is 2. The minimum absolute atomic E-state index is 0.0553. The Hall–Kier alpha value is -1.02. The molecule has 22 heavy (non-hydrogen) atoms. The van der Waals surface area contributed by atoms with Crippen LogP contribution in [-0.2, 0) is 16.2 Å². The molecule has 0 N–H and O–H groups in total. The van der Waals surface area contributed by atoms with Crippen molar-refractivity contribution in [3.8, 4) is 0 Å². The molecule has 0 radical (unpaired) electrons. The molecule has 1 unspecified atom stereocenters. The monoisotopic (exact) mass is 345 g/mol. The standard InChI is InChI=1S/C14H22ClN2O4Si/c1-22(2,3)7-6-21-10-16-12(15)8-13(18)17(14(16)19)11-4-5-20-9-11/h5,8,11H,4,6-7,9-10H2,1-3H3/q+1. The van der Waals surface area contributed by atoms with Crippen LogP contribution < -0.4 is 11.2 Å². The molecule has 2 rings (SSSR count). The first-order valence-corrected chi connectivity index (χ1v) is 11.4. The molecule has 1 atom stereocenters. The maximum absolute atomic E-state index is 12.5. The second-order valence-corrected chi connectivity index (χ2v) is 12.6. The second kappa shape index (κ2) is 7.04. The van der Waals surface area contributed by atoms with Crippen LogP contribution in [0.25, 0.3) is 0 Å². The Labute approximate surface area is 135 Å². The Morgan fingerprint density at radius 3 is 2.77 bits per heavy atom. The molecule has 1 aliphatic heterocycles. The quantitative estimate of drug-likeness (QED) is 0.343. The lowest BCUT2D eigenvalue weighted by Crippen LogP contribution is -2.42. The molecule has 0 bridgehead atoms. The van der Waals surface area contributed by atoms with Crippen LogP contribution in [0.3, 0.4) is 0 Å². The molecular formula is C14H22ClN2O4Si+. The van der Waals surface area contributed by atoms with Crippen molar-refractivity contribution in [3.05, 3.63) is 38.7 Å². The van der Waals surface area contributed by atoms with Gasteiger partial charge < -0.3 is 4.74 Å². The first-order valence-electron chi connectivity index (χ1n) is 7.32. The Morgan fingerprint density at radius 1 is 1.45 bits per heavy atom. The molecule has 0 amide bonds. The van der Waals surface area contributed by atoms with Crippen LogP contribution in [0.15, 0.2) is 15.7 Å². The minimum atomic E-state index is -1.18. The molecule has 1 aromatic heterocycles. The summed E-state index contributed by atoms with van der Waals surface area (Å²) in [4.78, 5) is 24.5. The van der Waals surface area contributed by atoms with Gasteiger partial charge >= 0.3 is 5.69 Å². The highest BCUT2D eigenvalue weighted by molar-refractivity contribution is 6.76. The van der Waals surface area contributed by atoms with Gasteiger partial charge in [-0.3, -0.25) is 9.36 Å². The molecule has 0 aromatic carbocycles. The molecule has 6 nitrogen and oxygen atoms in total. The van der Waals surface area contributed by atoms with Crippen molar-refractivity contribution in [2.24, 2.45) is 0 Å². The summed E-state index contributed by atoms with van der Waals surface area (Å²) in [5, 5.41) is 0.0992. The van der Waals surface area contributed by atoms with Crippen LogP contribution in [0.2, 0.25) is 30.8 Å². The van der Waals surface area contributed by atoms with Crippen molar-refractivity contribution < 1.29 is 9.47 Å². The van der Waals surface area contributed by atoms with Crippen molar-refractivity contribution in [3.63, 3.8) is 0 Å². The topological polar surface area (TPSA) is 62.5 Å². The van der Waals surface area contributed by atoms with Gasteiger partial charge in [-0.05, 0) is 6.04 Å². The van der Waals surface area contributed by atoms with E-state index in [4.69, 9.17) is 21.1 Å². The highest BCUT2D eigenvalue weighted by Gasteiger charge is 2.29. The van der Waals surface area contributed by atoms with Crippen molar-refractivity contribution >= 4 is 19.7 Å². The molecule has 0 saturated carbocycles. The van der Waals surface area contributed by atoms with E-state index in [-0.39, 0.29) is 17.9 Å². The molecule has 0 spiro atoms. The van der Waals surface area contributed by atoms with E-state index in [1.54, 1.807) is 6.61 Å². The van der Waals surface area contributed by atoms with Crippen molar-refractivity contribution in [2.45, 2.75) is 44.9 Å². The summed E-state index contributed by atoms with van der Waals surface area (Å²) in [6.45, 7) is 9.34. The van der Waals surface area contributed by atoms with Gasteiger partial charge in [0, 0.05) is 20.7 Å². The zero-order valence-electron chi connectivity index (χ0n) is 13.2. The summed E-state index contributed by atoms with van der Waals surface area (Å²) in [5.74, 6) is 0. The van der Waals surface area contributed by atoms with Crippen LogP contribution in [0, 0.1) is 6.61 Å². The third kappa shape index (κ3) is 4.25. The van der Waals surface area contributed by atoms with E-state index in [1.807, 2.05) is 0 Å². The fourth-order valence-electron chi connectivity index (χ4n) is 2.16.